The Morgan fingerprint density at radius 2 is 2.20 bits per heavy atom. The molecule has 1 aliphatic rings. The highest BCUT2D eigenvalue weighted by Crippen LogP contribution is 2.34. The molecule has 9 heteroatoms. The van der Waals surface area contributed by atoms with Crippen LogP contribution in [0.3, 0.4) is 0 Å². The lowest BCUT2D eigenvalue weighted by Gasteiger charge is -2.06. The number of hydrogen-bond donors (Lipinski definition) is 1. The molecule has 1 aliphatic heterocycles. The first-order valence-electron chi connectivity index (χ1n) is 7.66. The molecule has 1 N–H and O–H groups in total. The summed E-state index contributed by atoms with van der Waals surface area (Å²) in [6.45, 7) is 0.213. The number of carbonyl (C=O) groups excluding carboxylic acids is 1. The molecular weight excluding hydrogens is 342 g/mol. The second-order valence-corrected chi connectivity index (χ2v) is 6.48. The molecule has 0 spiro atoms. The molecule has 4 rings (SSSR count). The number of amides is 1. The van der Waals surface area contributed by atoms with Crippen molar-refractivity contribution in [2.75, 3.05) is 17.9 Å². The van der Waals surface area contributed by atoms with Gasteiger partial charge in [-0.2, -0.15) is 5.10 Å². The van der Waals surface area contributed by atoms with Crippen LogP contribution in [0.1, 0.15) is 6.42 Å². The lowest BCUT2D eigenvalue weighted by Crippen LogP contribution is -2.12. The maximum Gasteiger partial charge on any atom is 0.231 e. The monoisotopic (exact) mass is 357 g/mol. The number of aromatic nitrogens is 4. The van der Waals surface area contributed by atoms with Crippen LogP contribution in [0, 0.1) is 0 Å². The second-order valence-electron chi connectivity index (χ2n) is 5.40. The average molecular weight is 357 g/mol. The van der Waals surface area contributed by atoms with Crippen LogP contribution in [0.5, 0.6) is 11.5 Å². The van der Waals surface area contributed by atoms with E-state index in [0.29, 0.717) is 29.4 Å². The second kappa shape index (κ2) is 6.60. The quantitative estimate of drug-likeness (QED) is 0.553. The molecule has 2 aromatic heterocycles. The minimum absolute atomic E-state index is 0.0668. The van der Waals surface area contributed by atoms with Gasteiger partial charge in [-0.05, 0) is 12.1 Å². The van der Waals surface area contributed by atoms with E-state index in [1.165, 1.54) is 18.1 Å². The summed E-state index contributed by atoms with van der Waals surface area (Å²) in [5.41, 5.74) is 1.47. The van der Waals surface area contributed by atoms with Crippen molar-refractivity contribution < 1.29 is 14.3 Å². The maximum absolute atomic E-state index is 12.1. The molecule has 128 valence electrons. The Bertz CT molecular complexity index is 943. The van der Waals surface area contributed by atoms with Crippen molar-refractivity contribution in [3.8, 4) is 11.5 Å². The Morgan fingerprint density at radius 1 is 1.32 bits per heavy atom. The van der Waals surface area contributed by atoms with Crippen LogP contribution in [0.25, 0.3) is 11.0 Å². The van der Waals surface area contributed by atoms with Crippen molar-refractivity contribution in [1.29, 1.82) is 0 Å². The Hall–Kier alpha value is -2.81. The van der Waals surface area contributed by atoms with Crippen LogP contribution >= 0.6 is 11.8 Å². The predicted octanol–water partition coefficient (Wildman–Crippen LogP) is 2.21. The Morgan fingerprint density at radius 3 is 3.12 bits per heavy atom. The number of rotatable bonds is 5. The number of thioether (sulfide) groups is 1. The summed E-state index contributed by atoms with van der Waals surface area (Å²) in [5.74, 6) is 1.88. The zero-order valence-corrected chi connectivity index (χ0v) is 14.2. The van der Waals surface area contributed by atoms with Crippen molar-refractivity contribution >= 4 is 34.4 Å². The first-order chi connectivity index (χ1) is 12.2. The Balaban J connectivity index is 1.34. The fraction of sp³-hybridized carbons (Fsp3) is 0.250. The number of aryl methyl sites for hydroxylation is 1. The molecule has 0 atom stereocenters. The normalized spacial score (nSPS) is 12.5. The molecular formula is C16H15N5O3S. The van der Waals surface area contributed by atoms with Crippen LogP contribution < -0.4 is 14.8 Å². The molecule has 1 amide bonds. The van der Waals surface area contributed by atoms with E-state index in [-0.39, 0.29) is 12.7 Å². The van der Waals surface area contributed by atoms with E-state index >= 15 is 0 Å². The topological polar surface area (TPSA) is 91.2 Å². The van der Waals surface area contributed by atoms with Gasteiger partial charge in [0.1, 0.15) is 11.4 Å². The third-order valence-corrected chi connectivity index (χ3v) is 4.72. The van der Waals surface area contributed by atoms with Crippen LogP contribution in [0.15, 0.2) is 35.7 Å². The van der Waals surface area contributed by atoms with Crippen LogP contribution in [0.4, 0.5) is 5.69 Å². The van der Waals surface area contributed by atoms with Crippen LogP contribution in [0.2, 0.25) is 0 Å². The largest absolute Gasteiger partial charge is 0.454 e. The number of nitrogens with one attached hydrogen (secondary N) is 1. The lowest BCUT2D eigenvalue weighted by atomic mass is 10.2. The van der Waals surface area contributed by atoms with Gasteiger partial charge in [0, 0.05) is 31.0 Å². The number of carbonyl (C=O) groups is 1. The fourth-order valence-electron chi connectivity index (χ4n) is 2.49. The Kier molecular flexibility index (Phi) is 4.14. The summed E-state index contributed by atoms with van der Waals surface area (Å²) in [7, 11) is 1.84. The summed E-state index contributed by atoms with van der Waals surface area (Å²) >= 11 is 1.51. The van der Waals surface area contributed by atoms with Crippen molar-refractivity contribution in [1.82, 2.24) is 19.7 Å². The first-order valence-corrected chi connectivity index (χ1v) is 8.64. The minimum atomic E-state index is -0.0668. The zero-order valence-electron chi connectivity index (χ0n) is 13.4. The smallest absolute Gasteiger partial charge is 0.231 e. The Labute approximate surface area is 147 Å². The number of anilines is 1. The predicted molar refractivity (Wildman–Crippen MR) is 92.8 cm³/mol. The summed E-state index contributed by atoms with van der Waals surface area (Å²) in [6, 6.07) is 5.34. The molecule has 0 radical (unpaired) electrons. The third-order valence-electron chi connectivity index (χ3n) is 3.72. The van der Waals surface area contributed by atoms with E-state index in [2.05, 4.69) is 20.4 Å². The van der Waals surface area contributed by atoms with E-state index in [1.54, 1.807) is 29.1 Å². The van der Waals surface area contributed by atoms with E-state index in [9.17, 15) is 4.79 Å². The van der Waals surface area contributed by atoms with Gasteiger partial charge in [-0.3, -0.25) is 9.48 Å². The summed E-state index contributed by atoms with van der Waals surface area (Å²) < 4.78 is 12.3. The van der Waals surface area contributed by atoms with Gasteiger partial charge < -0.3 is 14.8 Å². The van der Waals surface area contributed by atoms with Gasteiger partial charge in [0.2, 0.25) is 12.7 Å². The van der Waals surface area contributed by atoms with E-state index < -0.39 is 0 Å². The van der Waals surface area contributed by atoms with Gasteiger partial charge >= 0.3 is 0 Å². The standard InChI is InChI=1S/C16H15N5O3S/c1-21-15-11(7-19-21)16(18-8-17-15)25-5-4-14(22)20-10-2-3-12-13(6-10)24-9-23-12/h2-3,6-8H,4-5,9H2,1H3,(H,20,22). The molecule has 0 unspecified atom stereocenters. The van der Waals surface area contributed by atoms with Gasteiger partial charge in [-0.1, -0.05) is 0 Å². The van der Waals surface area contributed by atoms with Crippen LogP contribution in [-0.2, 0) is 11.8 Å². The van der Waals surface area contributed by atoms with Crippen molar-refractivity contribution in [3.63, 3.8) is 0 Å². The summed E-state index contributed by atoms with van der Waals surface area (Å²) in [5, 5.41) is 8.77. The summed E-state index contributed by atoms with van der Waals surface area (Å²) in [6.07, 6.45) is 3.62. The van der Waals surface area contributed by atoms with E-state index in [4.69, 9.17) is 9.47 Å². The summed E-state index contributed by atoms with van der Waals surface area (Å²) in [4.78, 5) is 20.6. The fourth-order valence-corrected chi connectivity index (χ4v) is 3.40. The first kappa shape index (κ1) is 15.7. The van der Waals surface area contributed by atoms with Gasteiger partial charge in [-0.15, -0.1) is 11.8 Å². The van der Waals surface area contributed by atoms with Gasteiger partial charge in [-0.25, -0.2) is 9.97 Å². The molecule has 0 bridgehead atoms. The number of hydrogen-bond acceptors (Lipinski definition) is 7. The van der Waals surface area contributed by atoms with Gasteiger partial charge in [0.05, 0.1) is 11.6 Å². The molecule has 0 aliphatic carbocycles. The van der Waals surface area contributed by atoms with E-state index in [1.807, 2.05) is 7.05 Å². The van der Waals surface area contributed by atoms with Gasteiger partial charge in [0.15, 0.2) is 17.1 Å². The van der Waals surface area contributed by atoms with E-state index in [0.717, 1.165) is 16.1 Å². The highest BCUT2D eigenvalue weighted by molar-refractivity contribution is 7.99. The minimum Gasteiger partial charge on any atom is -0.454 e. The molecule has 1 aromatic carbocycles. The highest BCUT2D eigenvalue weighted by atomic mass is 32.2. The maximum atomic E-state index is 12.1. The molecule has 0 saturated carbocycles. The van der Waals surface area contributed by atoms with Crippen molar-refractivity contribution in [2.45, 2.75) is 11.4 Å². The molecule has 0 saturated heterocycles. The number of benzene rings is 1. The average Bonchev–Trinajstić information content (AvgIpc) is 3.22. The molecule has 3 heterocycles. The molecule has 8 nitrogen and oxygen atoms in total. The molecule has 0 fully saturated rings. The third kappa shape index (κ3) is 3.22. The van der Waals surface area contributed by atoms with Crippen LogP contribution in [-0.4, -0.2) is 38.2 Å². The highest BCUT2D eigenvalue weighted by Gasteiger charge is 2.14. The molecule has 3 aromatic rings. The van der Waals surface area contributed by atoms with Gasteiger partial charge in [0.25, 0.3) is 0 Å². The zero-order chi connectivity index (χ0) is 17.2. The number of fused-ring (bicyclic) bond motifs is 2. The SMILES string of the molecule is Cn1ncc2c(SCCC(=O)Nc3ccc4c(c3)OCO4)ncnc21. The number of nitrogens with zero attached hydrogens (tertiary/aromatic N) is 4. The number of ether oxygens (including phenoxy) is 2. The van der Waals surface area contributed by atoms with Crippen molar-refractivity contribution in [2.24, 2.45) is 7.05 Å². The lowest BCUT2D eigenvalue weighted by molar-refractivity contribution is -0.115. The van der Waals surface area contributed by atoms with Crippen molar-refractivity contribution in [3.05, 3.63) is 30.7 Å². The molecule has 25 heavy (non-hydrogen) atoms.